The van der Waals surface area contributed by atoms with E-state index in [2.05, 4.69) is 110 Å². The molecular formula is C32H40N2Si. The Kier molecular flexibility index (Phi) is 5.99. The highest BCUT2D eigenvalue weighted by molar-refractivity contribution is 6.76. The lowest BCUT2D eigenvalue weighted by molar-refractivity contribution is 0.320. The van der Waals surface area contributed by atoms with Gasteiger partial charge in [-0.15, -0.1) is 0 Å². The lowest BCUT2D eigenvalue weighted by Gasteiger charge is -2.48. The maximum absolute atomic E-state index is 3.59. The molecule has 2 nitrogen and oxygen atoms in total. The van der Waals surface area contributed by atoms with E-state index < -0.39 is 8.24 Å². The maximum Gasteiger partial charge on any atom is 0.126 e. The molecule has 4 atom stereocenters. The average molecular weight is 481 g/mol. The summed E-state index contributed by atoms with van der Waals surface area (Å²) in [6, 6.07) is 20.4. The van der Waals surface area contributed by atoms with Crippen LogP contribution in [0, 0.1) is 23.7 Å². The second-order valence-electron chi connectivity index (χ2n) is 11.9. The van der Waals surface area contributed by atoms with E-state index in [1.165, 1.54) is 46.6 Å². The van der Waals surface area contributed by atoms with Gasteiger partial charge in [0.25, 0.3) is 0 Å². The highest BCUT2D eigenvalue weighted by atomic mass is 28.3. The highest BCUT2D eigenvalue weighted by Gasteiger charge is 2.54. The second-order valence-corrected chi connectivity index (χ2v) is 16.6. The first-order valence-corrected chi connectivity index (χ1v) is 16.7. The molecule has 4 unspecified atom stereocenters. The van der Waals surface area contributed by atoms with E-state index in [1.54, 1.807) is 5.57 Å². The molecule has 2 fully saturated rings. The predicted molar refractivity (Wildman–Crippen MR) is 154 cm³/mol. The summed E-state index contributed by atoms with van der Waals surface area (Å²) in [5.41, 5.74) is 3.87. The Hall–Kier alpha value is -2.20. The van der Waals surface area contributed by atoms with Crippen molar-refractivity contribution in [1.29, 1.82) is 0 Å². The number of rotatable bonds is 4. The Bertz CT molecular complexity index is 1240. The fourth-order valence-electron chi connectivity index (χ4n) is 7.86. The van der Waals surface area contributed by atoms with Crippen molar-refractivity contribution in [3.63, 3.8) is 0 Å². The Morgan fingerprint density at radius 2 is 1.54 bits per heavy atom. The quantitative estimate of drug-likeness (QED) is 0.310. The summed E-state index contributed by atoms with van der Waals surface area (Å²) < 4.78 is 2.92. The predicted octanol–water partition coefficient (Wildman–Crippen LogP) is 7.34. The average Bonchev–Trinajstić information content (AvgIpc) is 3.29. The van der Waals surface area contributed by atoms with Gasteiger partial charge in [-0.1, -0.05) is 93.7 Å². The molecule has 35 heavy (non-hydrogen) atoms. The molecule has 1 N–H and O–H groups in total. The minimum absolute atomic E-state index is 0.612. The third-order valence-electron chi connectivity index (χ3n) is 9.54. The zero-order chi connectivity index (χ0) is 24.2. The van der Waals surface area contributed by atoms with Crippen LogP contribution in [0.4, 0.5) is 0 Å². The molecule has 1 saturated heterocycles. The molecule has 1 saturated carbocycles. The van der Waals surface area contributed by atoms with E-state index in [4.69, 9.17) is 0 Å². The Morgan fingerprint density at radius 1 is 0.914 bits per heavy atom. The number of nitrogens with zero attached hydrogens (tertiary/aromatic N) is 1. The topological polar surface area (TPSA) is 15.3 Å². The van der Waals surface area contributed by atoms with Gasteiger partial charge in [-0.3, -0.25) is 0 Å². The molecule has 6 rings (SSSR count). The van der Waals surface area contributed by atoms with Crippen molar-refractivity contribution in [3.05, 3.63) is 78.4 Å². The zero-order valence-electron chi connectivity index (χ0n) is 21.8. The molecular weight excluding hydrogens is 440 g/mol. The SMILES string of the molecule is CC(C)C1CC2C(c3c4ccccc4cc4ccccc34)=CC=CC2C1[Si](C)(C)N1CCNCC1. The molecule has 0 radical (unpaired) electrons. The number of allylic oxidation sites excluding steroid dienone is 4. The molecule has 0 bridgehead atoms. The van der Waals surface area contributed by atoms with Crippen molar-refractivity contribution in [2.45, 2.75) is 38.9 Å². The van der Waals surface area contributed by atoms with Crippen molar-refractivity contribution in [2.24, 2.45) is 23.7 Å². The van der Waals surface area contributed by atoms with Crippen molar-refractivity contribution in [2.75, 3.05) is 26.2 Å². The van der Waals surface area contributed by atoms with Gasteiger partial charge in [-0.05, 0) is 74.4 Å². The first-order chi connectivity index (χ1) is 17.0. The second kappa shape index (κ2) is 9.03. The fourth-order valence-corrected chi connectivity index (χ4v) is 12.5. The molecule has 182 valence electrons. The normalized spacial score (nSPS) is 27.5. The number of benzene rings is 3. The summed E-state index contributed by atoms with van der Waals surface area (Å²) in [7, 11) is -1.63. The van der Waals surface area contributed by atoms with Crippen LogP contribution in [-0.4, -0.2) is 39.0 Å². The lowest BCUT2D eigenvalue weighted by Crippen LogP contribution is -2.60. The molecule has 3 heteroatoms. The largest absolute Gasteiger partial charge is 0.321 e. The molecule has 3 aromatic carbocycles. The number of fused-ring (bicyclic) bond motifs is 3. The molecule has 1 aliphatic heterocycles. The van der Waals surface area contributed by atoms with Crippen molar-refractivity contribution in [1.82, 2.24) is 9.88 Å². The molecule has 0 amide bonds. The van der Waals surface area contributed by atoms with Crippen LogP contribution in [0.5, 0.6) is 0 Å². The Labute approximate surface area is 212 Å². The molecule has 3 aliphatic rings. The van der Waals surface area contributed by atoms with Gasteiger partial charge < -0.3 is 9.88 Å². The summed E-state index contributed by atoms with van der Waals surface area (Å²) in [5.74, 6) is 2.77. The molecule has 0 spiro atoms. The van der Waals surface area contributed by atoms with Gasteiger partial charge in [0.15, 0.2) is 0 Å². The smallest absolute Gasteiger partial charge is 0.126 e. The van der Waals surface area contributed by atoms with Gasteiger partial charge in [0, 0.05) is 26.2 Å². The van der Waals surface area contributed by atoms with Crippen LogP contribution in [0.3, 0.4) is 0 Å². The van der Waals surface area contributed by atoms with Crippen LogP contribution < -0.4 is 5.32 Å². The molecule has 3 aromatic rings. The van der Waals surface area contributed by atoms with Crippen LogP contribution in [0.1, 0.15) is 25.8 Å². The number of nitrogens with one attached hydrogen (secondary N) is 1. The van der Waals surface area contributed by atoms with Crippen molar-refractivity contribution in [3.8, 4) is 0 Å². The summed E-state index contributed by atoms with van der Waals surface area (Å²) in [5, 5.41) is 9.13. The first-order valence-electron chi connectivity index (χ1n) is 13.7. The minimum atomic E-state index is -1.63. The fraction of sp³-hybridized carbons (Fsp3) is 0.438. The number of hydrogen-bond acceptors (Lipinski definition) is 2. The van der Waals surface area contributed by atoms with Crippen LogP contribution in [0.2, 0.25) is 18.6 Å². The van der Waals surface area contributed by atoms with Gasteiger partial charge in [0.2, 0.25) is 0 Å². The van der Waals surface area contributed by atoms with Crippen LogP contribution in [0.25, 0.3) is 27.1 Å². The van der Waals surface area contributed by atoms with Crippen molar-refractivity contribution >= 4 is 35.4 Å². The van der Waals surface area contributed by atoms with E-state index in [9.17, 15) is 0 Å². The molecule has 0 aromatic heterocycles. The minimum Gasteiger partial charge on any atom is -0.321 e. The molecule has 1 heterocycles. The standard InChI is InChI=1S/C32H40N2Si/c1-22(2)29-21-30-27(14-9-15-28(30)32(29)35(3,4)34-18-16-33-17-19-34)31-25-12-7-5-10-23(25)20-24-11-6-8-13-26(24)31/h5-15,20,22,28-30,32-33H,16-19,21H2,1-4H3. The summed E-state index contributed by atoms with van der Waals surface area (Å²) in [4.78, 5) is 0. The van der Waals surface area contributed by atoms with Crippen LogP contribution in [-0.2, 0) is 0 Å². The van der Waals surface area contributed by atoms with Gasteiger partial charge >= 0.3 is 0 Å². The summed E-state index contributed by atoms with van der Waals surface area (Å²) >= 11 is 0. The Morgan fingerprint density at radius 3 is 2.17 bits per heavy atom. The highest BCUT2D eigenvalue weighted by Crippen LogP contribution is 2.59. The first kappa shape index (κ1) is 23.2. The van der Waals surface area contributed by atoms with Crippen LogP contribution in [0.15, 0.2) is 72.8 Å². The van der Waals surface area contributed by atoms with Gasteiger partial charge in [-0.25, -0.2) is 0 Å². The number of hydrogen-bond donors (Lipinski definition) is 1. The third kappa shape index (κ3) is 3.84. The third-order valence-corrected chi connectivity index (χ3v) is 14.1. The summed E-state index contributed by atoms with van der Waals surface area (Å²) in [6.45, 7) is 15.1. The lowest BCUT2D eigenvalue weighted by atomic mass is 9.78. The maximum atomic E-state index is 3.59. The molecule has 2 aliphatic carbocycles. The zero-order valence-corrected chi connectivity index (χ0v) is 22.8. The van der Waals surface area contributed by atoms with Crippen molar-refractivity contribution < 1.29 is 0 Å². The van der Waals surface area contributed by atoms with Gasteiger partial charge in [-0.2, -0.15) is 0 Å². The summed E-state index contributed by atoms with van der Waals surface area (Å²) in [6.07, 6.45) is 8.80. The van der Waals surface area contributed by atoms with E-state index >= 15 is 0 Å². The monoisotopic (exact) mass is 480 g/mol. The van der Waals surface area contributed by atoms with Gasteiger partial charge in [0.1, 0.15) is 8.24 Å². The number of piperazine rings is 1. The van der Waals surface area contributed by atoms with E-state index in [1.807, 2.05) is 0 Å². The van der Waals surface area contributed by atoms with E-state index in [0.717, 1.165) is 30.5 Å². The van der Waals surface area contributed by atoms with Crippen LogP contribution >= 0.6 is 0 Å². The van der Waals surface area contributed by atoms with Gasteiger partial charge in [0.05, 0.1) is 0 Å². The Balaban J connectivity index is 1.48. The van der Waals surface area contributed by atoms with E-state index in [-0.39, 0.29) is 0 Å². The van der Waals surface area contributed by atoms with E-state index in [0.29, 0.717) is 11.8 Å².